The Hall–Kier alpha value is -2.42. The fourth-order valence-electron chi connectivity index (χ4n) is 2.53. The summed E-state index contributed by atoms with van der Waals surface area (Å²) in [6.45, 7) is 1.46. The van der Waals surface area contributed by atoms with E-state index in [1.807, 2.05) is 0 Å². The van der Waals surface area contributed by atoms with Gasteiger partial charge in [-0.2, -0.15) is 4.80 Å². The second kappa shape index (κ2) is 7.54. The summed E-state index contributed by atoms with van der Waals surface area (Å²) in [5, 5.41) is 13.6. The molecule has 0 aliphatic carbocycles. The van der Waals surface area contributed by atoms with Crippen LogP contribution in [0.3, 0.4) is 0 Å². The molecule has 11 heteroatoms. The lowest BCUT2D eigenvalue weighted by Crippen LogP contribution is -2.18. The van der Waals surface area contributed by atoms with Crippen LogP contribution in [0.1, 0.15) is 12.5 Å². The summed E-state index contributed by atoms with van der Waals surface area (Å²) in [5.74, 6) is 0.274. The number of anilines is 2. The molecular formula is C17H20FN6O2PS. The van der Waals surface area contributed by atoms with Crippen molar-refractivity contribution in [1.82, 2.24) is 24.9 Å². The van der Waals surface area contributed by atoms with E-state index in [4.69, 9.17) is 0 Å². The molecule has 0 aliphatic rings. The van der Waals surface area contributed by atoms with E-state index in [1.54, 1.807) is 37.4 Å². The van der Waals surface area contributed by atoms with Crippen molar-refractivity contribution in [1.29, 1.82) is 0 Å². The maximum absolute atomic E-state index is 14.0. The van der Waals surface area contributed by atoms with Gasteiger partial charge in [-0.1, -0.05) is 21.4 Å². The number of hydrogen-bond acceptors (Lipinski definition) is 6. The van der Waals surface area contributed by atoms with Crippen molar-refractivity contribution in [2.24, 2.45) is 7.05 Å². The highest BCUT2D eigenvalue weighted by Gasteiger charge is 2.20. The number of halogens is 1. The van der Waals surface area contributed by atoms with Crippen LogP contribution in [0.2, 0.25) is 0 Å². The van der Waals surface area contributed by atoms with E-state index in [1.165, 1.54) is 30.9 Å². The molecule has 1 heterocycles. The second-order valence-corrected chi connectivity index (χ2v) is 9.27. The predicted molar refractivity (Wildman–Crippen MR) is 108 cm³/mol. The van der Waals surface area contributed by atoms with E-state index in [2.05, 4.69) is 34.7 Å². The van der Waals surface area contributed by atoms with Gasteiger partial charge in [-0.05, 0) is 55.1 Å². The van der Waals surface area contributed by atoms with Crippen LogP contribution >= 0.6 is 9.24 Å². The van der Waals surface area contributed by atoms with Gasteiger partial charge in [-0.25, -0.2) is 17.5 Å². The molecule has 0 spiro atoms. The lowest BCUT2D eigenvalue weighted by Gasteiger charge is -2.16. The number of sulfonamides is 1. The number of tetrazole rings is 1. The van der Waals surface area contributed by atoms with Gasteiger partial charge in [-0.15, -0.1) is 10.2 Å². The van der Waals surface area contributed by atoms with Gasteiger partial charge >= 0.3 is 0 Å². The summed E-state index contributed by atoms with van der Waals surface area (Å²) in [6.07, 6.45) is 0. The number of rotatable bonds is 6. The van der Waals surface area contributed by atoms with Crippen molar-refractivity contribution >= 4 is 30.6 Å². The molecular weight excluding hydrogens is 402 g/mol. The van der Waals surface area contributed by atoms with Gasteiger partial charge in [0.15, 0.2) is 0 Å². The molecule has 0 bridgehead atoms. The van der Waals surface area contributed by atoms with Crippen molar-refractivity contribution in [3.05, 3.63) is 48.0 Å². The van der Waals surface area contributed by atoms with Gasteiger partial charge in [0, 0.05) is 16.9 Å². The Morgan fingerprint density at radius 2 is 1.86 bits per heavy atom. The van der Waals surface area contributed by atoms with Crippen LogP contribution in [0.5, 0.6) is 0 Å². The van der Waals surface area contributed by atoms with Gasteiger partial charge in [-0.3, -0.25) is 0 Å². The first-order valence-electron chi connectivity index (χ1n) is 8.27. The smallest absolute Gasteiger partial charge is 0.240 e. The number of aryl methyl sites for hydroxylation is 1. The second-order valence-electron chi connectivity index (χ2n) is 6.30. The lowest BCUT2D eigenvalue weighted by atomic mass is 10.1. The average Bonchev–Trinajstić information content (AvgIpc) is 3.08. The van der Waals surface area contributed by atoms with Crippen LogP contribution in [0.15, 0.2) is 47.4 Å². The van der Waals surface area contributed by atoms with Crippen LogP contribution in [0.25, 0.3) is 11.4 Å². The zero-order chi connectivity index (χ0) is 20.5. The molecule has 0 radical (unpaired) electrons. The number of alkyl halides is 1. The first kappa shape index (κ1) is 20.3. The van der Waals surface area contributed by atoms with Gasteiger partial charge < -0.3 is 5.32 Å². The van der Waals surface area contributed by atoms with E-state index >= 15 is 0 Å². The first-order chi connectivity index (χ1) is 13.1. The summed E-state index contributed by atoms with van der Waals surface area (Å²) >= 11 is 0. The number of benzene rings is 2. The summed E-state index contributed by atoms with van der Waals surface area (Å²) in [4.78, 5) is 1.36. The number of nitrogens with one attached hydrogen (secondary N) is 2. The maximum atomic E-state index is 14.0. The SMILES string of the molecule is CNS(=O)(=O)c1ccc(Nc2ccc(C(C)(F)P)cc2)c(-c2nnn(C)n2)c1. The van der Waals surface area contributed by atoms with E-state index in [0.717, 1.165) is 0 Å². The van der Waals surface area contributed by atoms with Crippen molar-refractivity contribution in [3.8, 4) is 11.4 Å². The maximum Gasteiger partial charge on any atom is 0.240 e. The van der Waals surface area contributed by atoms with Gasteiger partial charge in [0.2, 0.25) is 15.8 Å². The monoisotopic (exact) mass is 422 g/mol. The molecule has 1 aromatic heterocycles. The van der Waals surface area contributed by atoms with Crippen LogP contribution in [0, 0.1) is 0 Å². The van der Waals surface area contributed by atoms with Gasteiger partial charge in [0.05, 0.1) is 11.9 Å². The van der Waals surface area contributed by atoms with Crippen LogP contribution in [0.4, 0.5) is 15.8 Å². The fourth-order valence-corrected chi connectivity index (χ4v) is 3.48. The topological polar surface area (TPSA) is 102 Å². The Balaban J connectivity index is 2.03. The quantitative estimate of drug-likeness (QED) is 0.592. The molecule has 2 aromatic carbocycles. The minimum Gasteiger partial charge on any atom is -0.355 e. The van der Waals surface area contributed by atoms with Gasteiger partial charge in [0.1, 0.15) is 5.41 Å². The summed E-state index contributed by atoms with van der Waals surface area (Å²) < 4.78 is 40.6. The third-order valence-electron chi connectivity index (χ3n) is 4.05. The largest absolute Gasteiger partial charge is 0.355 e. The summed E-state index contributed by atoms with van der Waals surface area (Å²) in [7, 11) is 1.48. The zero-order valence-electron chi connectivity index (χ0n) is 15.5. The minimum atomic E-state index is -3.64. The van der Waals surface area contributed by atoms with Crippen molar-refractivity contribution < 1.29 is 12.8 Å². The lowest BCUT2D eigenvalue weighted by molar-refractivity contribution is 0.324. The van der Waals surface area contributed by atoms with Crippen molar-refractivity contribution in [2.75, 3.05) is 12.4 Å². The summed E-state index contributed by atoms with van der Waals surface area (Å²) in [5.41, 5.74) is 2.28. The highest BCUT2D eigenvalue weighted by atomic mass is 32.2. The van der Waals surface area contributed by atoms with E-state index in [9.17, 15) is 12.8 Å². The van der Waals surface area contributed by atoms with Crippen LogP contribution in [-0.2, 0) is 22.5 Å². The molecule has 0 saturated carbocycles. The Bertz CT molecular complexity index is 1090. The number of aromatic nitrogens is 4. The molecule has 0 aliphatic heterocycles. The molecule has 2 atom stereocenters. The predicted octanol–water partition coefficient (Wildman–Crippen LogP) is 2.55. The minimum absolute atomic E-state index is 0.0783. The van der Waals surface area contributed by atoms with Crippen LogP contribution in [-0.4, -0.2) is 35.7 Å². The van der Waals surface area contributed by atoms with Gasteiger partial charge in [0.25, 0.3) is 0 Å². The standard InChI is InChI=1S/C17H20FN6O2PS/c1-17(18,27)11-4-6-12(7-5-11)20-15-9-8-13(28(25,26)19-2)10-14(15)16-21-23-24(3)22-16/h4-10,19-20H,27H2,1-3H3. The molecule has 2 N–H and O–H groups in total. The third kappa shape index (κ3) is 4.35. The average molecular weight is 422 g/mol. The molecule has 0 saturated heterocycles. The highest BCUT2D eigenvalue weighted by molar-refractivity contribution is 7.89. The number of hydrogen-bond donors (Lipinski definition) is 2. The number of nitrogens with zero attached hydrogens (tertiary/aromatic N) is 4. The van der Waals surface area contributed by atoms with Crippen LogP contribution < -0.4 is 10.0 Å². The Morgan fingerprint density at radius 3 is 2.39 bits per heavy atom. The van der Waals surface area contributed by atoms with E-state index in [0.29, 0.717) is 22.5 Å². The molecule has 28 heavy (non-hydrogen) atoms. The first-order valence-corrected chi connectivity index (χ1v) is 10.3. The van der Waals surface area contributed by atoms with E-state index in [-0.39, 0.29) is 10.7 Å². The molecule has 148 valence electrons. The molecule has 0 fully saturated rings. The Morgan fingerprint density at radius 1 is 1.18 bits per heavy atom. The molecule has 3 aromatic rings. The molecule has 3 rings (SSSR count). The Kier molecular flexibility index (Phi) is 5.47. The summed E-state index contributed by atoms with van der Waals surface area (Å²) in [6, 6.07) is 11.4. The normalized spacial score (nSPS) is 13.9. The van der Waals surface area contributed by atoms with E-state index < -0.39 is 15.4 Å². The molecule has 0 amide bonds. The highest BCUT2D eigenvalue weighted by Crippen LogP contribution is 2.34. The molecule has 8 nitrogen and oxygen atoms in total. The third-order valence-corrected chi connectivity index (χ3v) is 5.79. The molecule has 2 unspecified atom stereocenters. The fraction of sp³-hybridized carbons (Fsp3) is 0.235. The Labute approximate surface area is 164 Å². The van der Waals surface area contributed by atoms with Crippen molar-refractivity contribution in [3.63, 3.8) is 0 Å². The zero-order valence-corrected chi connectivity index (χ0v) is 17.5. The van der Waals surface area contributed by atoms with Crippen molar-refractivity contribution in [2.45, 2.75) is 17.2 Å².